The minimum Gasteiger partial charge on any atom is -0.468 e. The van der Waals surface area contributed by atoms with Crippen molar-refractivity contribution in [3.05, 3.63) is 54.1 Å². The van der Waals surface area contributed by atoms with Crippen molar-refractivity contribution in [2.24, 2.45) is 5.73 Å². The fourth-order valence-corrected chi connectivity index (χ4v) is 5.92. The first kappa shape index (κ1) is 27.6. The fraction of sp³-hybridized carbons (Fsp3) is 0.483. The molecule has 5 rings (SSSR count). The van der Waals surface area contributed by atoms with Crippen molar-refractivity contribution in [1.82, 2.24) is 25.2 Å². The first-order chi connectivity index (χ1) is 19.4. The van der Waals surface area contributed by atoms with Crippen molar-refractivity contribution in [2.75, 3.05) is 25.1 Å². The normalized spacial score (nSPS) is 17.5. The summed E-state index contributed by atoms with van der Waals surface area (Å²) in [5, 5.41) is 14.5. The molecule has 1 aliphatic heterocycles. The van der Waals surface area contributed by atoms with Crippen molar-refractivity contribution in [3.63, 3.8) is 0 Å². The van der Waals surface area contributed by atoms with Gasteiger partial charge < -0.3 is 25.3 Å². The number of nitrogens with two attached hydrogens (primary N) is 1. The number of nitrogens with one attached hydrogen (secondary N) is 3. The Morgan fingerprint density at radius 3 is 2.52 bits per heavy atom. The molecular weight excluding hydrogens is 508 g/mol. The number of imidazole rings is 1. The Bertz CT molecular complexity index is 1360. The van der Waals surface area contributed by atoms with Crippen LogP contribution in [0.4, 0.5) is 5.69 Å². The number of nitrogens with zero attached hydrogens (tertiary/aromatic N) is 4. The molecule has 1 aliphatic carbocycles. The van der Waals surface area contributed by atoms with Crippen molar-refractivity contribution in [2.45, 2.75) is 69.6 Å². The molecule has 0 unspecified atom stereocenters. The number of amidine groups is 1. The average Bonchev–Trinajstić information content (AvgIpc) is 3.33. The van der Waals surface area contributed by atoms with E-state index < -0.39 is 5.54 Å². The maximum atomic E-state index is 13.1. The summed E-state index contributed by atoms with van der Waals surface area (Å²) in [6, 6.07) is 9.52. The summed E-state index contributed by atoms with van der Waals surface area (Å²) in [6.07, 6.45) is 10.1. The topological polar surface area (TPSA) is 151 Å². The number of hydrogen-bond donors (Lipinski definition) is 4. The maximum absolute atomic E-state index is 13.1. The zero-order chi connectivity index (χ0) is 28.1. The molecule has 1 amide bonds. The molecule has 2 fully saturated rings. The van der Waals surface area contributed by atoms with Gasteiger partial charge in [-0.25, -0.2) is 4.98 Å². The second kappa shape index (κ2) is 12.0. The zero-order valence-electron chi connectivity index (χ0n) is 23.0. The third kappa shape index (κ3) is 5.94. The van der Waals surface area contributed by atoms with Crippen LogP contribution in [0.1, 0.15) is 56.3 Å². The summed E-state index contributed by atoms with van der Waals surface area (Å²) in [7, 11) is 1.41. The van der Waals surface area contributed by atoms with E-state index in [4.69, 9.17) is 20.9 Å². The first-order valence-corrected chi connectivity index (χ1v) is 14.0. The smallest absolute Gasteiger partial charge is 0.326 e. The van der Waals surface area contributed by atoms with Gasteiger partial charge in [-0.3, -0.25) is 25.3 Å². The molecule has 0 bridgehead atoms. The number of amides is 1. The Labute approximate surface area is 234 Å². The van der Waals surface area contributed by atoms with E-state index in [9.17, 15) is 9.59 Å². The third-order valence-electron chi connectivity index (χ3n) is 8.22. The molecule has 5 N–H and O–H groups in total. The summed E-state index contributed by atoms with van der Waals surface area (Å²) in [4.78, 5) is 37.4. The van der Waals surface area contributed by atoms with Gasteiger partial charge in [-0.2, -0.15) is 0 Å². The number of carbonyl (C=O) groups is 2. The quantitative estimate of drug-likeness (QED) is 0.182. The van der Waals surface area contributed by atoms with E-state index in [1.165, 1.54) is 13.5 Å². The molecular formula is C29H38N8O3. The number of nitrogen functional groups attached to an aromatic ring is 1. The van der Waals surface area contributed by atoms with Crippen molar-refractivity contribution < 1.29 is 14.3 Å². The zero-order valence-corrected chi connectivity index (χ0v) is 23.0. The van der Waals surface area contributed by atoms with Gasteiger partial charge in [0.25, 0.3) is 0 Å². The lowest BCUT2D eigenvalue weighted by Gasteiger charge is -2.41. The molecule has 0 atom stereocenters. The number of anilines is 1. The number of piperidine rings is 1. The summed E-state index contributed by atoms with van der Waals surface area (Å²) >= 11 is 0. The highest BCUT2D eigenvalue weighted by molar-refractivity contribution is 5.98. The second-order valence-corrected chi connectivity index (χ2v) is 10.8. The average molecular weight is 547 g/mol. The number of aromatic nitrogens is 3. The first-order valence-electron chi connectivity index (χ1n) is 14.0. The predicted octanol–water partition coefficient (Wildman–Crippen LogP) is 2.47. The minimum atomic E-state index is -0.879. The van der Waals surface area contributed by atoms with Crippen LogP contribution in [-0.4, -0.2) is 64.0 Å². The molecule has 3 heterocycles. The van der Waals surface area contributed by atoms with Crippen LogP contribution in [0.15, 0.2) is 42.7 Å². The van der Waals surface area contributed by atoms with Crippen molar-refractivity contribution in [3.8, 4) is 0 Å². The third-order valence-corrected chi connectivity index (χ3v) is 8.22. The van der Waals surface area contributed by atoms with E-state index in [2.05, 4.69) is 20.5 Å². The number of hydrogen-bond acceptors (Lipinski definition) is 8. The highest BCUT2D eigenvalue weighted by atomic mass is 16.5. The SMILES string of the molecule is COC(=O)C1(NCc2nc3cc(C(=N)N)ccc3n2CC(=O)NC2CCCCC2)CCN(c2ccncc2)CC1. The van der Waals surface area contributed by atoms with Crippen LogP contribution in [-0.2, 0) is 27.4 Å². The molecule has 1 saturated heterocycles. The number of esters is 1. The molecule has 3 aromatic rings. The lowest BCUT2D eigenvalue weighted by atomic mass is 9.87. The van der Waals surface area contributed by atoms with Gasteiger partial charge in [0.05, 0.1) is 24.7 Å². The van der Waals surface area contributed by atoms with E-state index in [0.717, 1.165) is 36.9 Å². The molecule has 40 heavy (non-hydrogen) atoms. The van der Waals surface area contributed by atoms with Gasteiger partial charge >= 0.3 is 5.97 Å². The van der Waals surface area contributed by atoms with Gasteiger partial charge in [-0.1, -0.05) is 19.3 Å². The maximum Gasteiger partial charge on any atom is 0.326 e. The van der Waals surface area contributed by atoms with E-state index in [1.54, 1.807) is 24.5 Å². The molecule has 0 radical (unpaired) electrons. The summed E-state index contributed by atoms with van der Waals surface area (Å²) in [6.45, 7) is 1.73. The van der Waals surface area contributed by atoms with E-state index >= 15 is 0 Å². The second-order valence-electron chi connectivity index (χ2n) is 10.8. The Morgan fingerprint density at radius 2 is 1.85 bits per heavy atom. The van der Waals surface area contributed by atoms with Crippen LogP contribution in [0, 0.1) is 5.41 Å². The highest BCUT2D eigenvalue weighted by Crippen LogP contribution is 2.28. The molecule has 1 saturated carbocycles. The molecule has 2 aromatic heterocycles. The summed E-state index contributed by atoms with van der Waals surface area (Å²) < 4.78 is 7.13. The Morgan fingerprint density at radius 1 is 1.12 bits per heavy atom. The summed E-state index contributed by atoms with van der Waals surface area (Å²) in [5.41, 5.74) is 7.91. The number of benzene rings is 1. The molecule has 212 valence electrons. The van der Waals surface area contributed by atoms with Gasteiger partial charge in [0.15, 0.2) is 0 Å². The van der Waals surface area contributed by atoms with E-state index in [1.807, 2.05) is 22.8 Å². The standard InChI is InChI=1S/C29H38N8O3/c1-40-28(39)29(11-15-36(16-12-29)22-9-13-32-14-10-22)33-18-25-35-23-17-20(27(30)31)7-8-24(23)37(25)19-26(38)34-21-5-3-2-4-6-21/h7-10,13-14,17,21,33H,2-6,11-12,15-16,18-19H2,1H3,(H3,30,31)(H,34,38). The lowest BCUT2D eigenvalue weighted by Crippen LogP contribution is -2.58. The van der Waals surface area contributed by atoms with Gasteiger partial charge in [0, 0.05) is 42.8 Å². The van der Waals surface area contributed by atoms with Crippen molar-refractivity contribution >= 4 is 34.4 Å². The minimum absolute atomic E-state index is 0.0447. The number of fused-ring (bicyclic) bond motifs is 1. The fourth-order valence-electron chi connectivity index (χ4n) is 5.92. The Kier molecular flexibility index (Phi) is 8.29. The van der Waals surface area contributed by atoms with Crippen LogP contribution in [0.2, 0.25) is 0 Å². The van der Waals surface area contributed by atoms with E-state index in [-0.39, 0.29) is 36.8 Å². The number of pyridine rings is 1. The number of carbonyl (C=O) groups excluding carboxylic acids is 2. The van der Waals surface area contributed by atoms with Crippen molar-refractivity contribution in [1.29, 1.82) is 5.41 Å². The monoisotopic (exact) mass is 546 g/mol. The van der Waals surface area contributed by atoms with Gasteiger partial charge in [0.1, 0.15) is 23.7 Å². The number of methoxy groups -OCH3 is 1. The van der Waals surface area contributed by atoms with Crippen LogP contribution in [0.5, 0.6) is 0 Å². The van der Waals surface area contributed by atoms with Gasteiger partial charge in [-0.15, -0.1) is 0 Å². The van der Waals surface area contributed by atoms with Crippen LogP contribution < -0.4 is 21.3 Å². The number of ether oxygens (including phenoxy) is 1. The Balaban J connectivity index is 1.37. The summed E-state index contributed by atoms with van der Waals surface area (Å²) in [5.74, 6) is 0.223. The van der Waals surface area contributed by atoms with Gasteiger partial charge in [0.2, 0.25) is 5.91 Å². The Hall–Kier alpha value is -3.99. The molecule has 1 aromatic carbocycles. The van der Waals surface area contributed by atoms with Crippen LogP contribution >= 0.6 is 0 Å². The molecule has 2 aliphatic rings. The van der Waals surface area contributed by atoms with Crippen LogP contribution in [0.3, 0.4) is 0 Å². The number of rotatable bonds is 9. The highest BCUT2D eigenvalue weighted by Gasteiger charge is 2.42. The molecule has 11 nitrogen and oxygen atoms in total. The predicted molar refractivity (Wildman–Crippen MR) is 153 cm³/mol. The van der Waals surface area contributed by atoms with E-state index in [0.29, 0.717) is 42.8 Å². The van der Waals surface area contributed by atoms with Crippen LogP contribution in [0.25, 0.3) is 11.0 Å². The largest absolute Gasteiger partial charge is 0.468 e. The lowest BCUT2D eigenvalue weighted by molar-refractivity contribution is -0.149. The molecule has 11 heteroatoms. The van der Waals surface area contributed by atoms with Gasteiger partial charge in [-0.05, 0) is 56.0 Å². The molecule has 0 spiro atoms.